The topological polar surface area (TPSA) is 18.5 Å². The summed E-state index contributed by atoms with van der Waals surface area (Å²) in [5.41, 5.74) is 0. The van der Waals surface area contributed by atoms with Crippen molar-refractivity contribution >= 4 is 0 Å². The quantitative estimate of drug-likeness (QED) is 0.841. The molecule has 0 saturated carbocycles. The molecule has 1 N–H and O–H groups in total. The Bertz CT molecular complexity index is 250. The standard InChI is InChI=1S/C16H33N3/c1-14(16-6-4-8-17-12-16)7-11-19-10-5-9-18(3)13-15(19)2/h14-17H,4-13H2,1-3H3. The maximum atomic E-state index is 3.56. The lowest BCUT2D eigenvalue weighted by atomic mass is 9.85. The van der Waals surface area contributed by atoms with Crippen molar-refractivity contribution in [3.63, 3.8) is 0 Å². The summed E-state index contributed by atoms with van der Waals surface area (Å²) in [4.78, 5) is 5.20. The van der Waals surface area contributed by atoms with Crippen LogP contribution in [0.1, 0.15) is 39.5 Å². The Hall–Kier alpha value is -0.120. The Kier molecular flexibility index (Phi) is 6.11. The molecule has 2 aliphatic rings. The Labute approximate surface area is 119 Å². The van der Waals surface area contributed by atoms with Crippen molar-refractivity contribution < 1.29 is 0 Å². The maximum Gasteiger partial charge on any atom is 0.0194 e. The van der Waals surface area contributed by atoms with Gasteiger partial charge < -0.3 is 10.2 Å². The molecule has 3 atom stereocenters. The zero-order chi connectivity index (χ0) is 13.7. The van der Waals surface area contributed by atoms with E-state index in [0.29, 0.717) is 0 Å². The fraction of sp³-hybridized carbons (Fsp3) is 1.00. The molecule has 2 heterocycles. The molecule has 2 rings (SSSR count). The van der Waals surface area contributed by atoms with Crippen LogP contribution in [0, 0.1) is 11.8 Å². The largest absolute Gasteiger partial charge is 0.316 e. The number of nitrogens with zero attached hydrogens (tertiary/aromatic N) is 2. The first-order chi connectivity index (χ1) is 9.16. The lowest BCUT2D eigenvalue weighted by Crippen LogP contribution is -2.40. The monoisotopic (exact) mass is 267 g/mol. The van der Waals surface area contributed by atoms with Gasteiger partial charge in [-0.3, -0.25) is 4.90 Å². The van der Waals surface area contributed by atoms with Gasteiger partial charge in [-0.1, -0.05) is 6.92 Å². The third kappa shape index (κ3) is 4.73. The second-order valence-electron chi connectivity index (χ2n) is 6.87. The van der Waals surface area contributed by atoms with Crippen LogP contribution in [0.25, 0.3) is 0 Å². The third-order valence-electron chi connectivity index (χ3n) is 5.20. The minimum Gasteiger partial charge on any atom is -0.316 e. The van der Waals surface area contributed by atoms with Crippen LogP contribution in [0.2, 0.25) is 0 Å². The number of rotatable bonds is 4. The molecule has 0 aromatic heterocycles. The summed E-state index contributed by atoms with van der Waals surface area (Å²) in [6.45, 7) is 12.4. The summed E-state index contributed by atoms with van der Waals surface area (Å²) in [7, 11) is 2.26. The van der Waals surface area contributed by atoms with Crippen LogP contribution in [-0.4, -0.2) is 62.2 Å². The van der Waals surface area contributed by atoms with Crippen LogP contribution in [-0.2, 0) is 0 Å². The molecule has 3 unspecified atom stereocenters. The van der Waals surface area contributed by atoms with Crippen molar-refractivity contribution in [2.45, 2.75) is 45.6 Å². The summed E-state index contributed by atoms with van der Waals surface area (Å²) in [5.74, 6) is 1.79. The average molecular weight is 267 g/mol. The molecule has 0 aliphatic carbocycles. The van der Waals surface area contributed by atoms with E-state index in [4.69, 9.17) is 0 Å². The molecule has 3 heteroatoms. The Morgan fingerprint density at radius 2 is 2.11 bits per heavy atom. The SMILES string of the molecule is CC(CCN1CCCN(C)CC1C)C1CCCNC1. The average Bonchev–Trinajstić information content (AvgIpc) is 2.58. The van der Waals surface area contributed by atoms with Crippen molar-refractivity contribution in [2.75, 3.05) is 46.3 Å². The van der Waals surface area contributed by atoms with Crippen molar-refractivity contribution in [1.82, 2.24) is 15.1 Å². The molecule has 0 aromatic rings. The van der Waals surface area contributed by atoms with Gasteiger partial charge in [-0.05, 0) is 84.2 Å². The number of likely N-dealkylation sites (N-methyl/N-ethyl adjacent to an activating group) is 1. The maximum absolute atomic E-state index is 3.56. The van der Waals surface area contributed by atoms with Crippen LogP contribution >= 0.6 is 0 Å². The van der Waals surface area contributed by atoms with Gasteiger partial charge in [0.05, 0.1) is 0 Å². The van der Waals surface area contributed by atoms with Crippen molar-refractivity contribution in [3.05, 3.63) is 0 Å². The van der Waals surface area contributed by atoms with Crippen molar-refractivity contribution in [3.8, 4) is 0 Å². The minimum atomic E-state index is 0.726. The molecule has 0 spiro atoms. The second kappa shape index (κ2) is 7.61. The van der Waals surface area contributed by atoms with Crippen LogP contribution in [0.15, 0.2) is 0 Å². The molecule has 112 valence electrons. The van der Waals surface area contributed by atoms with Crippen LogP contribution in [0.5, 0.6) is 0 Å². The Morgan fingerprint density at radius 3 is 2.84 bits per heavy atom. The second-order valence-corrected chi connectivity index (χ2v) is 6.87. The first-order valence-electron chi connectivity index (χ1n) is 8.30. The molecule has 0 radical (unpaired) electrons. The van der Waals surface area contributed by atoms with E-state index in [-0.39, 0.29) is 0 Å². The Balaban J connectivity index is 1.73. The molecule has 2 aliphatic heterocycles. The number of hydrogen-bond acceptors (Lipinski definition) is 3. The summed E-state index contributed by atoms with van der Waals surface area (Å²) in [6.07, 6.45) is 5.52. The van der Waals surface area contributed by atoms with E-state index < -0.39 is 0 Å². The van der Waals surface area contributed by atoms with Gasteiger partial charge in [0, 0.05) is 12.6 Å². The van der Waals surface area contributed by atoms with Gasteiger partial charge in [0.1, 0.15) is 0 Å². The Morgan fingerprint density at radius 1 is 1.26 bits per heavy atom. The van der Waals surface area contributed by atoms with E-state index >= 15 is 0 Å². The first-order valence-corrected chi connectivity index (χ1v) is 8.30. The van der Waals surface area contributed by atoms with E-state index in [9.17, 15) is 0 Å². The summed E-state index contributed by atoms with van der Waals surface area (Å²) >= 11 is 0. The predicted octanol–water partition coefficient (Wildman–Crippen LogP) is 2.04. The van der Waals surface area contributed by atoms with Crippen LogP contribution in [0.4, 0.5) is 0 Å². The molecule has 0 aromatic carbocycles. The van der Waals surface area contributed by atoms with Gasteiger partial charge in [-0.25, -0.2) is 0 Å². The zero-order valence-electron chi connectivity index (χ0n) is 13.2. The number of hydrogen-bond donors (Lipinski definition) is 1. The molecule has 2 fully saturated rings. The van der Waals surface area contributed by atoms with Gasteiger partial charge in [0.15, 0.2) is 0 Å². The third-order valence-corrected chi connectivity index (χ3v) is 5.20. The number of nitrogens with one attached hydrogen (secondary N) is 1. The van der Waals surface area contributed by atoms with Crippen LogP contribution in [0.3, 0.4) is 0 Å². The van der Waals surface area contributed by atoms with Gasteiger partial charge in [0.2, 0.25) is 0 Å². The molecule has 3 nitrogen and oxygen atoms in total. The van der Waals surface area contributed by atoms with E-state index in [2.05, 4.69) is 36.0 Å². The lowest BCUT2D eigenvalue weighted by Gasteiger charge is -2.32. The highest BCUT2D eigenvalue weighted by atomic mass is 15.2. The summed E-state index contributed by atoms with van der Waals surface area (Å²) < 4.78 is 0. The normalized spacial score (nSPS) is 33.0. The van der Waals surface area contributed by atoms with Crippen molar-refractivity contribution in [1.29, 1.82) is 0 Å². The van der Waals surface area contributed by atoms with Gasteiger partial charge in [0.25, 0.3) is 0 Å². The molecule has 0 bridgehead atoms. The summed E-state index contributed by atoms with van der Waals surface area (Å²) in [5, 5.41) is 3.56. The molecule has 0 amide bonds. The van der Waals surface area contributed by atoms with Gasteiger partial charge in [-0.15, -0.1) is 0 Å². The fourth-order valence-corrected chi connectivity index (χ4v) is 3.72. The molecule has 19 heavy (non-hydrogen) atoms. The van der Waals surface area contributed by atoms with E-state index in [1.807, 2.05) is 0 Å². The zero-order valence-corrected chi connectivity index (χ0v) is 13.2. The summed E-state index contributed by atoms with van der Waals surface area (Å²) in [6, 6.07) is 0.726. The minimum absolute atomic E-state index is 0.726. The number of piperidine rings is 1. The van der Waals surface area contributed by atoms with Gasteiger partial charge in [-0.2, -0.15) is 0 Å². The van der Waals surface area contributed by atoms with E-state index in [1.54, 1.807) is 0 Å². The smallest absolute Gasteiger partial charge is 0.0194 e. The predicted molar refractivity (Wildman–Crippen MR) is 82.5 cm³/mol. The van der Waals surface area contributed by atoms with E-state index in [0.717, 1.165) is 17.9 Å². The first kappa shape index (κ1) is 15.3. The van der Waals surface area contributed by atoms with Crippen LogP contribution < -0.4 is 5.32 Å². The molecular weight excluding hydrogens is 234 g/mol. The highest BCUT2D eigenvalue weighted by Crippen LogP contribution is 2.23. The fourth-order valence-electron chi connectivity index (χ4n) is 3.72. The van der Waals surface area contributed by atoms with E-state index in [1.165, 1.54) is 65.0 Å². The van der Waals surface area contributed by atoms with Crippen molar-refractivity contribution in [2.24, 2.45) is 11.8 Å². The molecular formula is C16H33N3. The lowest BCUT2D eigenvalue weighted by molar-refractivity contribution is 0.173. The highest BCUT2D eigenvalue weighted by molar-refractivity contribution is 4.78. The van der Waals surface area contributed by atoms with Gasteiger partial charge >= 0.3 is 0 Å². The highest BCUT2D eigenvalue weighted by Gasteiger charge is 2.23. The molecule has 2 saturated heterocycles.